The maximum absolute atomic E-state index is 11.4. The zero-order valence-corrected chi connectivity index (χ0v) is 13.4. The van der Waals surface area contributed by atoms with Gasteiger partial charge in [0, 0.05) is 5.56 Å². The molecule has 0 bridgehead atoms. The standard InChI is InChI=1S/C16H25NO4/c1-10(9-13(17)16(18)21-5)11(2)12-7-6-8-14(19-3)15(12)20-4/h6-8,10-11,13H,9,17H2,1-5H3. The van der Waals surface area contributed by atoms with Crippen LogP contribution in [0.5, 0.6) is 11.5 Å². The van der Waals surface area contributed by atoms with Crippen molar-refractivity contribution in [2.45, 2.75) is 32.2 Å². The van der Waals surface area contributed by atoms with Crippen LogP contribution in [-0.2, 0) is 9.53 Å². The molecule has 21 heavy (non-hydrogen) atoms. The Kier molecular flexibility index (Phi) is 6.49. The van der Waals surface area contributed by atoms with E-state index in [1.165, 1.54) is 7.11 Å². The second kappa shape index (κ2) is 7.88. The van der Waals surface area contributed by atoms with Gasteiger partial charge in [-0.2, -0.15) is 0 Å². The van der Waals surface area contributed by atoms with Crippen LogP contribution in [0.4, 0.5) is 0 Å². The van der Waals surface area contributed by atoms with Crippen molar-refractivity contribution in [1.29, 1.82) is 0 Å². The molecule has 0 spiro atoms. The predicted molar refractivity (Wildman–Crippen MR) is 81.7 cm³/mol. The summed E-state index contributed by atoms with van der Waals surface area (Å²) in [4.78, 5) is 11.4. The lowest BCUT2D eigenvalue weighted by molar-refractivity contribution is -0.142. The second-order valence-electron chi connectivity index (χ2n) is 5.21. The van der Waals surface area contributed by atoms with E-state index in [0.29, 0.717) is 12.2 Å². The second-order valence-corrected chi connectivity index (χ2v) is 5.21. The van der Waals surface area contributed by atoms with Gasteiger partial charge >= 0.3 is 5.97 Å². The zero-order valence-electron chi connectivity index (χ0n) is 13.4. The van der Waals surface area contributed by atoms with Gasteiger partial charge in [0.15, 0.2) is 11.5 Å². The molecule has 0 heterocycles. The van der Waals surface area contributed by atoms with Gasteiger partial charge in [0.2, 0.25) is 0 Å². The van der Waals surface area contributed by atoms with Gasteiger partial charge in [0.1, 0.15) is 6.04 Å². The van der Waals surface area contributed by atoms with Gasteiger partial charge in [-0.1, -0.05) is 26.0 Å². The normalized spacial score (nSPS) is 15.0. The van der Waals surface area contributed by atoms with E-state index in [4.69, 9.17) is 15.2 Å². The van der Waals surface area contributed by atoms with Crippen molar-refractivity contribution < 1.29 is 19.0 Å². The highest BCUT2D eigenvalue weighted by molar-refractivity contribution is 5.75. The molecule has 0 saturated heterocycles. The van der Waals surface area contributed by atoms with Crippen molar-refractivity contribution in [2.24, 2.45) is 11.7 Å². The van der Waals surface area contributed by atoms with Gasteiger partial charge in [-0.25, -0.2) is 0 Å². The molecule has 0 aliphatic rings. The SMILES string of the molecule is COC(=O)C(N)CC(C)C(C)c1cccc(OC)c1OC. The van der Waals surface area contributed by atoms with E-state index < -0.39 is 6.04 Å². The summed E-state index contributed by atoms with van der Waals surface area (Å²) in [6, 6.07) is 5.19. The third-order valence-corrected chi connectivity index (χ3v) is 3.91. The molecule has 0 fully saturated rings. The van der Waals surface area contributed by atoms with Crippen LogP contribution in [-0.4, -0.2) is 33.3 Å². The molecule has 0 aromatic heterocycles. The largest absolute Gasteiger partial charge is 0.493 e. The molecular formula is C16H25NO4. The van der Waals surface area contributed by atoms with Gasteiger partial charge in [-0.15, -0.1) is 0 Å². The maximum atomic E-state index is 11.4. The topological polar surface area (TPSA) is 70.8 Å². The third-order valence-electron chi connectivity index (χ3n) is 3.91. The van der Waals surface area contributed by atoms with Gasteiger partial charge in [0.05, 0.1) is 21.3 Å². The molecule has 3 unspecified atom stereocenters. The molecule has 118 valence electrons. The number of methoxy groups -OCH3 is 3. The zero-order chi connectivity index (χ0) is 16.0. The number of carbonyl (C=O) groups is 1. The van der Waals surface area contributed by atoms with E-state index in [9.17, 15) is 4.79 Å². The number of para-hydroxylation sites is 1. The van der Waals surface area contributed by atoms with Gasteiger partial charge in [-0.05, 0) is 24.3 Å². The lowest BCUT2D eigenvalue weighted by atomic mass is 9.84. The first kappa shape index (κ1) is 17.3. The molecule has 3 atom stereocenters. The average molecular weight is 295 g/mol. The Morgan fingerprint density at radius 1 is 1.19 bits per heavy atom. The number of hydrogen-bond donors (Lipinski definition) is 1. The summed E-state index contributed by atoms with van der Waals surface area (Å²) in [6.07, 6.45) is 0.550. The molecule has 1 aromatic rings. The fourth-order valence-electron chi connectivity index (χ4n) is 2.43. The van der Waals surface area contributed by atoms with Crippen molar-refractivity contribution in [3.8, 4) is 11.5 Å². The van der Waals surface area contributed by atoms with E-state index in [-0.39, 0.29) is 17.8 Å². The number of esters is 1. The quantitative estimate of drug-likeness (QED) is 0.782. The summed E-state index contributed by atoms with van der Waals surface area (Å²) in [5.74, 6) is 1.41. The number of carbonyl (C=O) groups excluding carboxylic acids is 1. The summed E-state index contributed by atoms with van der Waals surface area (Å²) < 4.78 is 15.5. The molecule has 0 aliphatic carbocycles. The molecule has 1 aromatic carbocycles. The number of benzene rings is 1. The Labute approximate surface area is 126 Å². The van der Waals surface area contributed by atoms with Crippen LogP contribution < -0.4 is 15.2 Å². The van der Waals surface area contributed by atoms with Crippen molar-refractivity contribution in [1.82, 2.24) is 0 Å². The van der Waals surface area contributed by atoms with Crippen LogP contribution in [0.25, 0.3) is 0 Å². The lowest BCUT2D eigenvalue weighted by Crippen LogP contribution is -2.34. The van der Waals surface area contributed by atoms with Crippen LogP contribution >= 0.6 is 0 Å². The van der Waals surface area contributed by atoms with Crippen LogP contribution in [0.2, 0.25) is 0 Å². The monoisotopic (exact) mass is 295 g/mol. The molecule has 0 aliphatic heterocycles. The summed E-state index contributed by atoms with van der Waals surface area (Å²) in [5, 5.41) is 0. The van der Waals surface area contributed by atoms with Gasteiger partial charge in [0.25, 0.3) is 0 Å². The van der Waals surface area contributed by atoms with Crippen LogP contribution in [0.1, 0.15) is 31.7 Å². The minimum Gasteiger partial charge on any atom is -0.493 e. The first-order valence-corrected chi connectivity index (χ1v) is 7.00. The van der Waals surface area contributed by atoms with E-state index in [1.807, 2.05) is 18.2 Å². The predicted octanol–water partition coefficient (Wildman–Crippen LogP) is 2.33. The van der Waals surface area contributed by atoms with E-state index >= 15 is 0 Å². The van der Waals surface area contributed by atoms with Crippen molar-refractivity contribution in [3.63, 3.8) is 0 Å². The number of hydrogen-bond acceptors (Lipinski definition) is 5. The van der Waals surface area contributed by atoms with Gasteiger partial charge in [-0.3, -0.25) is 4.79 Å². The fraction of sp³-hybridized carbons (Fsp3) is 0.562. The Balaban J connectivity index is 2.92. The fourth-order valence-corrected chi connectivity index (χ4v) is 2.43. The van der Waals surface area contributed by atoms with Crippen molar-refractivity contribution in [3.05, 3.63) is 23.8 Å². The Morgan fingerprint density at radius 2 is 1.86 bits per heavy atom. The highest BCUT2D eigenvalue weighted by Crippen LogP contribution is 2.39. The molecule has 0 saturated carbocycles. The Morgan fingerprint density at radius 3 is 2.38 bits per heavy atom. The van der Waals surface area contributed by atoms with Gasteiger partial charge < -0.3 is 19.9 Å². The molecular weight excluding hydrogens is 270 g/mol. The van der Waals surface area contributed by atoms with E-state index in [1.54, 1.807) is 14.2 Å². The third kappa shape index (κ3) is 4.11. The van der Waals surface area contributed by atoms with E-state index in [0.717, 1.165) is 11.3 Å². The minimum absolute atomic E-state index is 0.172. The summed E-state index contributed by atoms with van der Waals surface area (Å²) in [7, 11) is 4.59. The highest BCUT2D eigenvalue weighted by Gasteiger charge is 2.24. The van der Waals surface area contributed by atoms with Crippen molar-refractivity contribution in [2.75, 3.05) is 21.3 Å². The molecule has 0 amide bonds. The average Bonchev–Trinajstić information content (AvgIpc) is 2.51. The summed E-state index contributed by atoms with van der Waals surface area (Å²) in [6.45, 7) is 4.15. The van der Waals surface area contributed by atoms with Crippen LogP contribution in [0.15, 0.2) is 18.2 Å². The van der Waals surface area contributed by atoms with Crippen molar-refractivity contribution >= 4 is 5.97 Å². The summed E-state index contributed by atoms with van der Waals surface area (Å²) in [5.41, 5.74) is 6.88. The first-order valence-electron chi connectivity index (χ1n) is 7.00. The minimum atomic E-state index is -0.607. The Bertz CT molecular complexity index is 475. The smallest absolute Gasteiger partial charge is 0.322 e. The molecule has 5 nitrogen and oxygen atoms in total. The maximum Gasteiger partial charge on any atom is 0.322 e. The van der Waals surface area contributed by atoms with Crippen LogP contribution in [0, 0.1) is 5.92 Å². The number of ether oxygens (including phenoxy) is 3. The van der Waals surface area contributed by atoms with E-state index in [2.05, 4.69) is 18.6 Å². The molecule has 0 radical (unpaired) electrons. The first-order chi connectivity index (χ1) is 9.96. The number of nitrogens with two attached hydrogens (primary N) is 1. The molecule has 5 heteroatoms. The number of rotatable bonds is 7. The highest BCUT2D eigenvalue weighted by atomic mass is 16.5. The Hall–Kier alpha value is -1.75. The summed E-state index contributed by atoms with van der Waals surface area (Å²) >= 11 is 0. The molecule has 1 rings (SSSR count). The lowest BCUT2D eigenvalue weighted by Gasteiger charge is -2.24. The molecule has 2 N–H and O–H groups in total. The van der Waals surface area contributed by atoms with Crippen LogP contribution in [0.3, 0.4) is 0 Å².